The van der Waals surface area contributed by atoms with Gasteiger partial charge >= 0.3 is 0 Å². The molecule has 1 aliphatic rings. The Morgan fingerprint density at radius 2 is 2.09 bits per heavy atom. The van der Waals surface area contributed by atoms with Gasteiger partial charge in [0, 0.05) is 6.20 Å². The van der Waals surface area contributed by atoms with Crippen LogP contribution in [0.25, 0.3) is 16.9 Å². The van der Waals surface area contributed by atoms with E-state index in [1.807, 2.05) is 24.3 Å². The molecular weight excluding hydrogens is 276 g/mol. The van der Waals surface area contributed by atoms with E-state index >= 15 is 0 Å². The molecule has 0 bridgehead atoms. The van der Waals surface area contributed by atoms with E-state index in [9.17, 15) is 5.11 Å². The Kier molecular flexibility index (Phi) is 2.70. The van der Waals surface area contributed by atoms with Crippen LogP contribution < -0.4 is 0 Å². The molecule has 1 aromatic carbocycles. The smallest absolute Gasteiger partial charge is 0.224 e. The van der Waals surface area contributed by atoms with Crippen molar-refractivity contribution < 1.29 is 5.11 Å². The van der Waals surface area contributed by atoms with Gasteiger partial charge < -0.3 is 5.11 Å². The summed E-state index contributed by atoms with van der Waals surface area (Å²) in [7, 11) is 0. The van der Waals surface area contributed by atoms with Gasteiger partial charge in [-0.25, -0.2) is 4.98 Å². The zero-order chi connectivity index (χ0) is 15.1. The van der Waals surface area contributed by atoms with Gasteiger partial charge in [-0.1, -0.05) is 12.1 Å². The van der Waals surface area contributed by atoms with Crippen LogP contribution in [0, 0.1) is 11.3 Å². The molecule has 0 amide bonds. The average Bonchev–Trinajstić information content (AvgIpc) is 2.92. The van der Waals surface area contributed by atoms with Crippen LogP contribution in [-0.2, 0) is 12.8 Å². The predicted molar refractivity (Wildman–Crippen MR) is 80.6 cm³/mol. The normalized spacial score (nSPS) is 12.3. The molecule has 0 atom stereocenters. The lowest BCUT2D eigenvalue weighted by Gasteiger charge is -2.15. The lowest BCUT2D eigenvalue weighted by Crippen LogP contribution is -2.03. The maximum atomic E-state index is 10.6. The van der Waals surface area contributed by atoms with Crippen molar-refractivity contribution in [1.82, 2.24) is 14.8 Å². The van der Waals surface area contributed by atoms with Crippen LogP contribution in [0.1, 0.15) is 16.8 Å². The van der Waals surface area contributed by atoms with E-state index in [1.54, 1.807) is 18.3 Å². The highest BCUT2D eigenvalue weighted by atomic mass is 16.3. The van der Waals surface area contributed by atoms with Crippen LogP contribution in [0.2, 0.25) is 0 Å². The zero-order valence-electron chi connectivity index (χ0n) is 11.7. The number of hydrogen-bond donors (Lipinski definition) is 1. The third-order valence-corrected chi connectivity index (χ3v) is 3.93. The minimum atomic E-state index is 0.0966. The number of nitrogens with zero attached hydrogens (tertiary/aromatic N) is 4. The topological polar surface area (TPSA) is 74.7 Å². The van der Waals surface area contributed by atoms with Crippen molar-refractivity contribution >= 4 is 0 Å². The predicted octanol–water partition coefficient (Wildman–Crippen LogP) is 2.61. The SMILES string of the molecule is N#Cc1ccc2c(c1)CCc1nn(-c3ccccn3)c(O)c1-2. The van der Waals surface area contributed by atoms with E-state index < -0.39 is 0 Å². The Morgan fingerprint density at radius 1 is 1.18 bits per heavy atom. The van der Waals surface area contributed by atoms with Crippen molar-refractivity contribution in [2.45, 2.75) is 12.8 Å². The van der Waals surface area contributed by atoms with Gasteiger partial charge in [-0.15, -0.1) is 0 Å². The first-order valence-electron chi connectivity index (χ1n) is 7.03. The van der Waals surface area contributed by atoms with Crippen molar-refractivity contribution in [2.75, 3.05) is 0 Å². The lowest BCUT2D eigenvalue weighted by molar-refractivity contribution is 0.433. The van der Waals surface area contributed by atoms with Gasteiger partial charge in [0.1, 0.15) is 0 Å². The second kappa shape index (κ2) is 4.71. The summed E-state index contributed by atoms with van der Waals surface area (Å²) in [5, 5.41) is 24.1. The minimum Gasteiger partial charge on any atom is -0.493 e. The minimum absolute atomic E-state index is 0.0966. The van der Waals surface area contributed by atoms with E-state index in [4.69, 9.17) is 5.26 Å². The highest BCUT2D eigenvalue weighted by Gasteiger charge is 2.26. The zero-order valence-corrected chi connectivity index (χ0v) is 11.7. The fourth-order valence-corrected chi connectivity index (χ4v) is 2.91. The fraction of sp³-hybridized carbons (Fsp3) is 0.118. The van der Waals surface area contributed by atoms with Crippen LogP contribution in [0.4, 0.5) is 0 Å². The molecule has 1 N–H and O–H groups in total. The van der Waals surface area contributed by atoms with Crippen molar-refractivity contribution in [3.63, 3.8) is 0 Å². The van der Waals surface area contributed by atoms with Crippen LogP contribution in [0.15, 0.2) is 42.6 Å². The summed E-state index contributed by atoms with van der Waals surface area (Å²) >= 11 is 0. The van der Waals surface area contributed by atoms with Crippen molar-refractivity contribution in [3.05, 3.63) is 59.4 Å². The average molecular weight is 288 g/mol. The van der Waals surface area contributed by atoms with E-state index in [1.165, 1.54) is 4.68 Å². The molecule has 5 nitrogen and oxygen atoms in total. The molecule has 0 fully saturated rings. The largest absolute Gasteiger partial charge is 0.493 e. The maximum Gasteiger partial charge on any atom is 0.224 e. The highest BCUT2D eigenvalue weighted by Crippen LogP contribution is 2.40. The van der Waals surface area contributed by atoms with E-state index in [0.717, 1.165) is 35.2 Å². The first kappa shape index (κ1) is 12.6. The molecule has 22 heavy (non-hydrogen) atoms. The molecule has 0 unspecified atom stereocenters. The first-order chi connectivity index (χ1) is 10.8. The van der Waals surface area contributed by atoms with Crippen LogP contribution in [0.3, 0.4) is 0 Å². The third kappa shape index (κ3) is 1.78. The standard InChI is InChI=1S/C17H12N4O/c18-10-11-4-6-13-12(9-11)5-7-14-16(13)17(22)21(20-14)15-3-1-2-8-19-15/h1-4,6,8-9,22H,5,7H2. The Hall–Kier alpha value is -3.13. The first-order valence-corrected chi connectivity index (χ1v) is 7.03. The Balaban J connectivity index is 1.92. The molecule has 5 heteroatoms. The van der Waals surface area contributed by atoms with Crippen LogP contribution in [0.5, 0.6) is 5.88 Å². The number of nitriles is 1. The van der Waals surface area contributed by atoms with Crippen molar-refractivity contribution in [2.24, 2.45) is 0 Å². The summed E-state index contributed by atoms with van der Waals surface area (Å²) in [6.07, 6.45) is 3.23. The van der Waals surface area contributed by atoms with E-state index in [2.05, 4.69) is 16.2 Å². The van der Waals surface area contributed by atoms with Gasteiger partial charge in [0.15, 0.2) is 5.82 Å². The van der Waals surface area contributed by atoms with Crippen LogP contribution in [-0.4, -0.2) is 19.9 Å². The molecule has 0 aliphatic heterocycles. The van der Waals surface area contributed by atoms with Gasteiger partial charge in [0.2, 0.25) is 5.88 Å². The molecular formula is C17H12N4O. The van der Waals surface area contributed by atoms with Gasteiger partial charge in [0.25, 0.3) is 0 Å². The van der Waals surface area contributed by atoms with Gasteiger partial charge in [0.05, 0.1) is 22.9 Å². The fourth-order valence-electron chi connectivity index (χ4n) is 2.91. The number of aryl methyl sites for hydroxylation is 2. The van der Waals surface area contributed by atoms with Gasteiger partial charge in [-0.05, 0) is 48.2 Å². The van der Waals surface area contributed by atoms with Crippen molar-refractivity contribution in [3.8, 4) is 28.9 Å². The summed E-state index contributed by atoms with van der Waals surface area (Å²) in [6.45, 7) is 0. The molecule has 1 aliphatic carbocycles. The summed E-state index contributed by atoms with van der Waals surface area (Å²) in [5.41, 5.74) is 4.26. The third-order valence-electron chi connectivity index (χ3n) is 3.93. The van der Waals surface area contributed by atoms with E-state index in [-0.39, 0.29) is 5.88 Å². The number of aromatic hydroxyl groups is 1. The summed E-state index contributed by atoms with van der Waals surface area (Å²) in [4.78, 5) is 4.23. The highest BCUT2D eigenvalue weighted by molar-refractivity contribution is 5.77. The summed E-state index contributed by atoms with van der Waals surface area (Å²) in [5.74, 6) is 0.684. The number of aromatic nitrogens is 3. The number of fused-ring (bicyclic) bond motifs is 3. The number of rotatable bonds is 1. The molecule has 0 radical (unpaired) electrons. The van der Waals surface area contributed by atoms with Gasteiger partial charge in [-0.2, -0.15) is 15.0 Å². The monoisotopic (exact) mass is 288 g/mol. The Labute approximate surface area is 127 Å². The number of benzene rings is 1. The molecule has 0 spiro atoms. The van der Waals surface area contributed by atoms with E-state index in [0.29, 0.717) is 11.4 Å². The molecule has 3 aromatic rings. The Bertz CT molecular complexity index is 906. The number of pyridine rings is 1. The lowest BCUT2D eigenvalue weighted by atomic mass is 9.88. The molecule has 2 heterocycles. The molecule has 0 saturated heterocycles. The maximum absolute atomic E-state index is 10.6. The molecule has 4 rings (SSSR count). The van der Waals surface area contributed by atoms with Gasteiger partial charge in [-0.3, -0.25) is 0 Å². The Morgan fingerprint density at radius 3 is 2.86 bits per heavy atom. The molecule has 106 valence electrons. The van der Waals surface area contributed by atoms with Crippen molar-refractivity contribution in [1.29, 1.82) is 5.26 Å². The molecule has 0 saturated carbocycles. The second-order valence-electron chi connectivity index (χ2n) is 5.23. The second-order valence-corrected chi connectivity index (χ2v) is 5.23. The van der Waals surface area contributed by atoms with Crippen LogP contribution >= 0.6 is 0 Å². The molecule has 2 aromatic heterocycles. The summed E-state index contributed by atoms with van der Waals surface area (Å²) in [6, 6.07) is 13.2. The number of hydrogen-bond acceptors (Lipinski definition) is 4. The summed E-state index contributed by atoms with van der Waals surface area (Å²) < 4.78 is 1.47. The quantitative estimate of drug-likeness (QED) is 0.747.